The topological polar surface area (TPSA) is 0 Å². The third-order valence-corrected chi connectivity index (χ3v) is 8.11. The highest BCUT2D eigenvalue weighted by molar-refractivity contribution is 5.40. The first-order valence-electron chi connectivity index (χ1n) is 15.1. The van der Waals surface area contributed by atoms with Gasteiger partial charge in [-0.1, -0.05) is 105 Å². The monoisotopic (exact) mass is 532 g/mol. The van der Waals surface area contributed by atoms with Crippen molar-refractivity contribution >= 4 is 0 Å². The molecule has 0 aromatic rings. The zero-order chi connectivity index (χ0) is 29.8. The van der Waals surface area contributed by atoms with Crippen LogP contribution in [0.2, 0.25) is 0 Å². The maximum absolute atomic E-state index is 3.25. The van der Waals surface area contributed by atoms with Gasteiger partial charge in [0.05, 0.1) is 5.92 Å². The van der Waals surface area contributed by atoms with Crippen LogP contribution < -0.4 is 0 Å². The van der Waals surface area contributed by atoms with Crippen molar-refractivity contribution < 1.29 is 0 Å². The van der Waals surface area contributed by atoms with Crippen molar-refractivity contribution in [1.82, 2.24) is 0 Å². The van der Waals surface area contributed by atoms with E-state index in [1.54, 1.807) is 0 Å². The third-order valence-electron chi connectivity index (χ3n) is 8.11. The smallest absolute Gasteiger partial charge is 0.0787 e. The lowest BCUT2D eigenvalue weighted by molar-refractivity contribution is 0.376. The predicted octanol–water partition coefficient (Wildman–Crippen LogP) is 11.0. The van der Waals surface area contributed by atoms with Crippen LogP contribution in [0.5, 0.6) is 0 Å². The number of rotatable bonds is 5. The van der Waals surface area contributed by atoms with Crippen LogP contribution in [-0.2, 0) is 0 Å². The quantitative estimate of drug-likeness (QED) is 0.244. The second-order valence-electron chi connectivity index (χ2n) is 13.0. The van der Waals surface area contributed by atoms with E-state index < -0.39 is 0 Å². The molecule has 0 heteroatoms. The van der Waals surface area contributed by atoms with Crippen molar-refractivity contribution in [2.75, 3.05) is 0 Å². The average molecular weight is 533 g/mol. The highest BCUT2D eigenvalue weighted by Gasteiger charge is 2.27. The van der Waals surface area contributed by atoms with E-state index in [1.807, 2.05) is 19.1 Å². The standard InChI is InChI=1S/C40H52/c1-31(19-13-21-33(3)25-27-37-35(5)23-15-29-39(37,7)8)17-11-12-18-32(2)20-14-22-34(4)26-28-38-36(6)24-16-30-40(38,9)10/h17,21-22,25-28,32H,11,15-16,23-24,29-30H2,1-10H3/b27-25+,28-26+,31-17+,33-21+,34-22+. The van der Waals surface area contributed by atoms with Crippen LogP contribution in [0, 0.1) is 52.3 Å². The maximum atomic E-state index is 3.25. The highest BCUT2D eigenvalue weighted by atomic mass is 14.3. The SMILES string of the molecule is CC1=C(/C=C/C(C)=C/C#C/C(C)=C/CC#CC(C)C#C/C=C(C)/C=C/C2=C(C)CCCC2(C)C)C(C)(C)CCC1. The number of allylic oxidation sites excluding steroid dienone is 14. The molecule has 1 unspecified atom stereocenters. The van der Waals surface area contributed by atoms with Crippen LogP contribution in [0.4, 0.5) is 0 Å². The number of hydrogen-bond acceptors (Lipinski definition) is 0. The molecule has 0 aliphatic heterocycles. The Labute approximate surface area is 247 Å². The molecule has 0 radical (unpaired) electrons. The van der Waals surface area contributed by atoms with Crippen molar-refractivity contribution in [2.45, 2.75) is 114 Å². The minimum absolute atomic E-state index is 0.0420. The summed E-state index contributed by atoms with van der Waals surface area (Å²) < 4.78 is 0. The van der Waals surface area contributed by atoms with Gasteiger partial charge >= 0.3 is 0 Å². The molecule has 0 bridgehead atoms. The summed E-state index contributed by atoms with van der Waals surface area (Å²) >= 11 is 0. The van der Waals surface area contributed by atoms with E-state index in [0.29, 0.717) is 6.42 Å². The third kappa shape index (κ3) is 11.2. The van der Waals surface area contributed by atoms with Crippen LogP contribution in [-0.4, -0.2) is 0 Å². The van der Waals surface area contributed by atoms with Crippen molar-refractivity contribution in [3.8, 4) is 35.5 Å². The molecule has 2 rings (SSSR count). The normalized spacial score (nSPS) is 20.5. The van der Waals surface area contributed by atoms with E-state index in [0.717, 1.165) is 5.57 Å². The van der Waals surface area contributed by atoms with E-state index in [1.165, 1.54) is 72.0 Å². The molecule has 0 fully saturated rings. The molecule has 1 atom stereocenters. The van der Waals surface area contributed by atoms with Gasteiger partial charge in [0.2, 0.25) is 0 Å². The van der Waals surface area contributed by atoms with Gasteiger partial charge in [0.1, 0.15) is 0 Å². The van der Waals surface area contributed by atoms with Crippen molar-refractivity contribution in [2.24, 2.45) is 16.7 Å². The molecule has 0 nitrogen and oxygen atoms in total. The van der Waals surface area contributed by atoms with Gasteiger partial charge in [0.25, 0.3) is 0 Å². The zero-order valence-electron chi connectivity index (χ0n) is 27.1. The van der Waals surface area contributed by atoms with Gasteiger partial charge in [-0.25, -0.2) is 0 Å². The Morgan fingerprint density at radius 3 is 1.77 bits per heavy atom. The fourth-order valence-electron chi connectivity index (χ4n) is 5.59. The van der Waals surface area contributed by atoms with Crippen LogP contribution in [0.15, 0.2) is 81.5 Å². The summed E-state index contributed by atoms with van der Waals surface area (Å²) in [6, 6.07) is 0. The van der Waals surface area contributed by atoms with Crippen molar-refractivity contribution in [3.63, 3.8) is 0 Å². The summed E-state index contributed by atoms with van der Waals surface area (Å²) in [5, 5.41) is 0. The summed E-state index contributed by atoms with van der Waals surface area (Å²) in [5.41, 5.74) is 9.96. The molecule has 40 heavy (non-hydrogen) atoms. The molecule has 0 aromatic heterocycles. The van der Waals surface area contributed by atoms with E-state index in [4.69, 9.17) is 0 Å². The Morgan fingerprint density at radius 2 is 1.27 bits per heavy atom. The molecule has 2 aliphatic carbocycles. The van der Waals surface area contributed by atoms with Crippen LogP contribution >= 0.6 is 0 Å². The zero-order valence-corrected chi connectivity index (χ0v) is 27.1. The van der Waals surface area contributed by atoms with E-state index in [-0.39, 0.29) is 16.7 Å². The maximum Gasteiger partial charge on any atom is 0.0787 e. The molecule has 0 spiro atoms. The van der Waals surface area contributed by atoms with Crippen LogP contribution in [0.25, 0.3) is 0 Å². The average Bonchev–Trinajstić information content (AvgIpc) is 2.85. The Hall–Kier alpha value is -3.14. The Bertz CT molecular complexity index is 1320. The van der Waals surface area contributed by atoms with Gasteiger partial charge < -0.3 is 0 Å². The second kappa shape index (κ2) is 15.6. The fraction of sp³-hybridized carbons (Fsp3) is 0.500. The van der Waals surface area contributed by atoms with E-state index >= 15 is 0 Å². The fourth-order valence-corrected chi connectivity index (χ4v) is 5.59. The first kappa shape index (κ1) is 33.1. The molecule has 0 N–H and O–H groups in total. The second-order valence-corrected chi connectivity index (χ2v) is 13.0. The van der Waals surface area contributed by atoms with Gasteiger partial charge in [-0.2, -0.15) is 0 Å². The van der Waals surface area contributed by atoms with Gasteiger partial charge in [-0.15, -0.1) is 0 Å². The largest absolute Gasteiger partial charge is 0.0978 e. The van der Waals surface area contributed by atoms with E-state index in [9.17, 15) is 0 Å². The van der Waals surface area contributed by atoms with Gasteiger partial charge in [-0.3, -0.25) is 0 Å². The molecule has 2 aliphatic rings. The Balaban J connectivity index is 1.88. The summed E-state index contributed by atoms with van der Waals surface area (Å²) in [4.78, 5) is 0. The molecule has 212 valence electrons. The van der Waals surface area contributed by atoms with Crippen molar-refractivity contribution in [3.05, 3.63) is 81.5 Å². The summed E-state index contributed by atoms with van der Waals surface area (Å²) in [5.74, 6) is 19.4. The molecule has 0 saturated heterocycles. The molecule has 0 saturated carbocycles. The van der Waals surface area contributed by atoms with E-state index in [2.05, 4.69) is 128 Å². The first-order chi connectivity index (χ1) is 18.8. The summed E-state index contributed by atoms with van der Waals surface area (Å²) in [6.45, 7) is 22.3. The van der Waals surface area contributed by atoms with Gasteiger partial charge in [0, 0.05) is 6.42 Å². The minimum atomic E-state index is 0.0420. The summed E-state index contributed by atoms with van der Waals surface area (Å²) in [6.07, 6.45) is 23.3. The molecule has 0 aromatic carbocycles. The van der Waals surface area contributed by atoms with Crippen LogP contribution in [0.1, 0.15) is 114 Å². The lowest BCUT2D eigenvalue weighted by Crippen LogP contribution is -2.19. The molecule has 0 amide bonds. The minimum Gasteiger partial charge on any atom is -0.0978 e. The Kier molecular flexibility index (Phi) is 12.9. The molecular formula is C40H52. The Morgan fingerprint density at radius 1 is 0.775 bits per heavy atom. The molecular weight excluding hydrogens is 480 g/mol. The number of hydrogen-bond donors (Lipinski definition) is 0. The van der Waals surface area contributed by atoms with Crippen molar-refractivity contribution in [1.29, 1.82) is 0 Å². The summed E-state index contributed by atoms with van der Waals surface area (Å²) in [7, 11) is 0. The predicted molar refractivity (Wildman–Crippen MR) is 177 cm³/mol. The highest BCUT2D eigenvalue weighted by Crippen LogP contribution is 2.41. The van der Waals surface area contributed by atoms with Crippen LogP contribution in [0.3, 0.4) is 0 Å². The first-order valence-corrected chi connectivity index (χ1v) is 15.1. The van der Waals surface area contributed by atoms with Gasteiger partial charge in [-0.05, 0) is 131 Å². The van der Waals surface area contributed by atoms with Gasteiger partial charge in [0.15, 0.2) is 0 Å². The lowest BCUT2D eigenvalue weighted by Gasteiger charge is -2.32. The lowest BCUT2D eigenvalue weighted by atomic mass is 9.72. The molecule has 0 heterocycles.